The number of hydrogen-bond acceptors (Lipinski definition) is 5. The highest BCUT2D eigenvalue weighted by atomic mass is 35.5. The summed E-state index contributed by atoms with van der Waals surface area (Å²) in [4.78, 5) is 32.4. The van der Waals surface area contributed by atoms with Crippen LogP contribution in [0.4, 0.5) is 5.13 Å². The van der Waals surface area contributed by atoms with E-state index in [9.17, 15) is 9.59 Å². The number of carboxylic acids is 1. The second-order valence-corrected chi connectivity index (χ2v) is 7.84. The molecule has 0 saturated carbocycles. The number of amides is 1. The van der Waals surface area contributed by atoms with Crippen LogP contribution in [0, 0.1) is 11.8 Å². The fraction of sp³-hybridized carbons (Fsp3) is 0.500. The van der Waals surface area contributed by atoms with Crippen molar-refractivity contribution in [3.05, 3.63) is 24.3 Å². The average Bonchev–Trinajstić information content (AvgIpc) is 3.28. The Labute approximate surface area is 174 Å². The highest BCUT2D eigenvalue weighted by Gasteiger charge is 2.35. The normalized spacial score (nSPS) is 20.2. The average molecular weight is 432 g/mol. The highest BCUT2D eigenvalue weighted by Crippen LogP contribution is 2.32. The molecule has 27 heavy (non-hydrogen) atoms. The molecule has 3 heterocycles. The number of likely N-dealkylation sites (tertiary alicyclic amines) is 1. The second kappa shape index (κ2) is 9.08. The minimum absolute atomic E-state index is 0. The number of carbonyl (C=O) groups is 2. The van der Waals surface area contributed by atoms with Gasteiger partial charge in [-0.3, -0.25) is 9.59 Å². The molecule has 1 N–H and O–H groups in total. The number of aromatic nitrogens is 1. The Morgan fingerprint density at radius 1 is 1.04 bits per heavy atom. The minimum atomic E-state index is -0.791. The molecule has 2 fully saturated rings. The molecular formula is C18H23Cl2N3O3S. The molecule has 9 heteroatoms. The number of nitrogens with zero attached hydrogens (tertiary/aromatic N) is 3. The smallest absolute Gasteiger partial charge is 0.308 e. The molecule has 4 rings (SSSR count). The molecule has 148 valence electrons. The molecule has 1 unspecified atom stereocenters. The lowest BCUT2D eigenvalue weighted by Crippen LogP contribution is -2.42. The van der Waals surface area contributed by atoms with Crippen molar-refractivity contribution in [2.75, 3.05) is 31.1 Å². The number of carbonyl (C=O) groups excluding carboxylic acids is 1. The Morgan fingerprint density at radius 3 is 2.33 bits per heavy atom. The summed E-state index contributed by atoms with van der Waals surface area (Å²) in [6, 6.07) is 8.13. The van der Waals surface area contributed by atoms with Gasteiger partial charge in [0.05, 0.1) is 16.1 Å². The summed E-state index contributed by atoms with van der Waals surface area (Å²) < 4.78 is 1.19. The van der Waals surface area contributed by atoms with Gasteiger partial charge in [-0.05, 0) is 31.4 Å². The topological polar surface area (TPSA) is 73.7 Å². The van der Waals surface area contributed by atoms with Crippen LogP contribution in [0.1, 0.15) is 19.3 Å². The van der Waals surface area contributed by atoms with Gasteiger partial charge < -0.3 is 14.9 Å². The highest BCUT2D eigenvalue weighted by molar-refractivity contribution is 7.22. The summed E-state index contributed by atoms with van der Waals surface area (Å²) in [5, 5.41) is 10.1. The molecule has 2 aliphatic rings. The maximum absolute atomic E-state index is 12.7. The molecule has 1 amide bonds. The maximum Gasteiger partial charge on any atom is 0.308 e. The van der Waals surface area contributed by atoms with Crippen LogP contribution in [-0.4, -0.2) is 53.0 Å². The van der Waals surface area contributed by atoms with Crippen molar-refractivity contribution in [1.82, 2.24) is 9.88 Å². The Kier molecular flexibility index (Phi) is 7.31. The molecule has 6 nitrogen and oxygen atoms in total. The van der Waals surface area contributed by atoms with E-state index < -0.39 is 11.9 Å². The molecule has 2 aliphatic heterocycles. The molecule has 0 aliphatic carbocycles. The third kappa shape index (κ3) is 4.47. The van der Waals surface area contributed by atoms with E-state index in [2.05, 4.69) is 11.0 Å². The van der Waals surface area contributed by atoms with E-state index in [1.807, 2.05) is 18.2 Å². The van der Waals surface area contributed by atoms with Gasteiger partial charge in [-0.15, -0.1) is 24.8 Å². The van der Waals surface area contributed by atoms with E-state index in [1.165, 1.54) is 4.70 Å². The van der Waals surface area contributed by atoms with E-state index in [0.717, 1.165) is 36.6 Å². The third-order valence-corrected chi connectivity index (χ3v) is 6.34. The van der Waals surface area contributed by atoms with Crippen molar-refractivity contribution in [2.45, 2.75) is 19.3 Å². The van der Waals surface area contributed by atoms with Gasteiger partial charge in [-0.2, -0.15) is 0 Å². The van der Waals surface area contributed by atoms with Gasteiger partial charge in [0, 0.05) is 32.1 Å². The summed E-state index contributed by atoms with van der Waals surface area (Å²) in [6.07, 6.45) is 2.19. The predicted molar refractivity (Wildman–Crippen MR) is 111 cm³/mol. The van der Waals surface area contributed by atoms with Crippen LogP contribution >= 0.6 is 36.2 Å². The lowest BCUT2D eigenvalue weighted by atomic mass is 9.95. The third-order valence-electron chi connectivity index (χ3n) is 5.25. The van der Waals surface area contributed by atoms with E-state index in [4.69, 9.17) is 10.1 Å². The van der Waals surface area contributed by atoms with Gasteiger partial charge in [-0.25, -0.2) is 4.98 Å². The Bertz CT molecular complexity index is 775. The van der Waals surface area contributed by atoms with Crippen LogP contribution in [0.2, 0.25) is 0 Å². The Balaban J connectivity index is 0.00000131. The maximum atomic E-state index is 12.7. The summed E-state index contributed by atoms with van der Waals surface area (Å²) in [5.74, 6) is -1.04. The van der Waals surface area contributed by atoms with Crippen LogP contribution in [0.3, 0.4) is 0 Å². The number of anilines is 1. The van der Waals surface area contributed by atoms with E-state index in [1.54, 1.807) is 16.2 Å². The number of rotatable bonds is 3. The summed E-state index contributed by atoms with van der Waals surface area (Å²) in [5.41, 5.74) is 1.03. The zero-order valence-electron chi connectivity index (χ0n) is 14.7. The van der Waals surface area contributed by atoms with Crippen LogP contribution in [0.15, 0.2) is 24.3 Å². The molecule has 2 saturated heterocycles. The fourth-order valence-electron chi connectivity index (χ4n) is 3.73. The largest absolute Gasteiger partial charge is 0.481 e. The van der Waals surface area contributed by atoms with Gasteiger partial charge in [0.2, 0.25) is 5.91 Å². The minimum Gasteiger partial charge on any atom is -0.481 e. The quantitative estimate of drug-likeness (QED) is 0.806. The van der Waals surface area contributed by atoms with Gasteiger partial charge >= 0.3 is 5.97 Å². The zero-order valence-corrected chi connectivity index (χ0v) is 17.2. The first-order chi connectivity index (χ1) is 12.1. The molecular weight excluding hydrogens is 409 g/mol. The summed E-state index contributed by atoms with van der Waals surface area (Å²) in [6.45, 7) is 2.60. The van der Waals surface area contributed by atoms with Gasteiger partial charge in [0.15, 0.2) is 5.13 Å². The monoisotopic (exact) mass is 431 g/mol. The summed E-state index contributed by atoms with van der Waals surface area (Å²) >= 11 is 1.70. The molecule has 0 spiro atoms. The molecule has 0 bridgehead atoms. The number of hydrogen-bond donors (Lipinski definition) is 1. The van der Waals surface area contributed by atoms with Crippen molar-refractivity contribution in [3.8, 4) is 0 Å². The summed E-state index contributed by atoms with van der Waals surface area (Å²) in [7, 11) is 0. The predicted octanol–water partition coefficient (Wildman–Crippen LogP) is 3.29. The fourth-order valence-corrected chi connectivity index (χ4v) is 4.75. The van der Waals surface area contributed by atoms with E-state index >= 15 is 0 Å². The first-order valence-corrected chi connectivity index (χ1v) is 9.55. The van der Waals surface area contributed by atoms with Crippen LogP contribution in [-0.2, 0) is 9.59 Å². The Hall–Kier alpha value is -1.57. The van der Waals surface area contributed by atoms with Gasteiger partial charge in [-0.1, -0.05) is 23.5 Å². The number of halogens is 2. The van der Waals surface area contributed by atoms with Crippen molar-refractivity contribution < 1.29 is 14.7 Å². The molecule has 1 aromatic heterocycles. The van der Waals surface area contributed by atoms with Gasteiger partial charge in [0.25, 0.3) is 0 Å². The number of fused-ring (bicyclic) bond motifs is 1. The molecule has 1 atom stereocenters. The van der Waals surface area contributed by atoms with E-state index in [0.29, 0.717) is 19.5 Å². The number of carboxylic acid groups (broad SMARTS) is 1. The van der Waals surface area contributed by atoms with Crippen molar-refractivity contribution >= 4 is 63.4 Å². The lowest BCUT2D eigenvalue weighted by molar-refractivity contribution is -0.141. The number of benzene rings is 1. The Morgan fingerprint density at radius 2 is 1.70 bits per heavy atom. The van der Waals surface area contributed by atoms with Gasteiger partial charge in [0.1, 0.15) is 0 Å². The molecule has 2 aromatic rings. The van der Waals surface area contributed by atoms with E-state index in [-0.39, 0.29) is 36.6 Å². The number of aliphatic carboxylic acids is 1. The number of para-hydroxylation sites is 1. The van der Waals surface area contributed by atoms with Crippen LogP contribution in [0.25, 0.3) is 10.2 Å². The van der Waals surface area contributed by atoms with Crippen LogP contribution < -0.4 is 4.90 Å². The number of piperidine rings is 1. The lowest BCUT2D eigenvalue weighted by Gasteiger charge is -2.33. The zero-order chi connectivity index (χ0) is 17.4. The van der Waals surface area contributed by atoms with Crippen molar-refractivity contribution in [3.63, 3.8) is 0 Å². The van der Waals surface area contributed by atoms with Crippen LogP contribution in [0.5, 0.6) is 0 Å². The first-order valence-electron chi connectivity index (χ1n) is 8.74. The standard InChI is InChI=1S/C18H21N3O3S.2ClH/c22-16(21-10-7-13(11-21)17(23)24)12-5-8-20(9-6-12)18-19-14-3-1-2-4-15(14)25-18;;/h1-4,12-13H,5-11H2,(H,23,24);2*1H. The molecule has 0 radical (unpaired) electrons. The van der Waals surface area contributed by atoms with Crippen molar-refractivity contribution in [2.24, 2.45) is 11.8 Å². The SMILES string of the molecule is Cl.Cl.O=C(O)C1CCN(C(=O)C2CCN(c3nc4ccccc4s3)CC2)C1. The van der Waals surface area contributed by atoms with Crippen molar-refractivity contribution in [1.29, 1.82) is 0 Å². The second-order valence-electron chi connectivity index (χ2n) is 6.83. The first kappa shape index (κ1) is 21.7. The number of thiazole rings is 1. The molecule has 1 aromatic carbocycles.